The van der Waals surface area contributed by atoms with E-state index in [1.165, 1.54) is 18.2 Å². The van der Waals surface area contributed by atoms with E-state index in [0.717, 1.165) is 24.6 Å². The number of fused-ring (bicyclic) bond motifs is 2. The molecule has 1 unspecified atom stereocenters. The first kappa shape index (κ1) is 19.6. The average Bonchev–Trinajstić information content (AvgIpc) is 3.35. The number of benzene rings is 1. The van der Waals surface area contributed by atoms with E-state index in [9.17, 15) is 22.4 Å². The van der Waals surface area contributed by atoms with Gasteiger partial charge in [0.1, 0.15) is 17.2 Å². The van der Waals surface area contributed by atoms with Gasteiger partial charge in [-0.25, -0.2) is 9.37 Å². The molecule has 4 aromatic rings. The van der Waals surface area contributed by atoms with Crippen molar-refractivity contribution < 1.29 is 22.4 Å². The highest BCUT2D eigenvalue weighted by atomic mass is 19.4. The van der Waals surface area contributed by atoms with Gasteiger partial charge in [-0.15, -0.1) is 0 Å². The number of rotatable bonds is 2. The molecule has 31 heavy (non-hydrogen) atoms. The van der Waals surface area contributed by atoms with Crippen molar-refractivity contribution in [3.63, 3.8) is 0 Å². The maximum absolute atomic E-state index is 13.4. The molecule has 0 saturated carbocycles. The molecule has 0 radical (unpaired) electrons. The van der Waals surface area contributed by atoms with Gasteiger partial charge in [0.15, 0.2) is 0 Å². The quantitative estimate of drug-likeness (QED) is 0.428. The van der Waals surface area contributed by atoms with Crippen LogP contribution in [0.2, 0.25) is 0 Å². The Kier molecular flexibility index (Phi) is 4.49. The highest BCUT2D eigenvalue weighted by Crippen LogP contribution is 2.32. The third kappa shape index (κ3) is 3.64. The van der Waals surface area contributed by atoms with E-state index in [4.69, 9.17) is 0 Å². The second kappa shape index (κ2) is 7.11. The molecule has 5 nitrogen and oxygen atoms in total. The molecular weight excluding hydrogens is 412 g/mol. The van der Waals surface area contributed by atoms with Crippen molar-refractivity contribution in [1.29, 1.82) is 0 Å². The van der Waals surface area contributed by atoms with Gasteiger partial charge in [0.25, 0.3) is 5.91 Å². The summed E-state index contributed by atoms with van der Waals surface area (Å²) in [4.78, 5) is 24.6. The number of carbonyl (C=O) groups excluding carboxylic acids is 1. The minimum Gasteiger partial charge on any atom is -0.357 e. The molecule has 0 bridgehead atoms. The van der Waals surface area contributed by atoms with E-state index in [1.807, 2.05) is 0 Å². The second-order valence-corrected chi connectivity index (χ2v) is 7.86. The lowest BCUT2D eigenvalue weighted by atomic mass is 9.94. The SMILES string of the molecule is O=C(c1cc2cc(F)ccc2[nH]1)N1CCCC(c2cc3nc(C(F)(F)F)ccc3[nH]2)C1. The van der Waals surface area contributed by atoms with Crippen LogP contribution in [0, 0.1) is 5.82 Å². The van der Waals surface area contributed by atoms with Crippen molar-refractivity contribution >= 4 is 27.8 Å². The van der Waals surface area contributed by atoms with E-state index in [-0.39, 0.29) is 23.2 Å². The Hall–Kier alpha value is -3.36. The lowest BCUT2D eigenvalue weighted by molar-refractivity contribution is -0.140. The van der Waals surface area contributed by atoms with E-state index in [1.54, 1.807) is 23.1 Å². The topological polar surface area (TPSA) is 64.8 Å². The van der Waals surface area contributed by atoms with Gasteiger partial charge in [0, 0.05) is 35.6 Å². The van der Waals surface area contributed by atoms with Crippen LogP contribution in [-0.2, 0) is 6.18 Å². The van der Waals surface area contributed by atoms with Crippen molar-refractivity contribution in [2.45, 2.75) is 24.9 Å². The number of hydrogen-bond acceptors (Lipinski definition) is 2. The summed E-state index contributed by atoms with van der Waals surface area (Å²) in [6.07, 6.45) is -2.93. The Morgan fingerprint density at radius 2 is 1.87 bits per heavy atom. The van der Waals surface area contributed by atoms with Crippen LogP contribution in [-0.4, -0.2) is 38.8 Å². The molecule has 1 atom stereocenters. The van der Waals surface area contributed by atoms with Gasteiger partial charge in [0.2, 0.25) is 0 Å². The van der Waals surface area contributed by atoms with Gasteiger partial charge in [-0.05, 0) is 55.3 Å². The minimum absolute atomic E-state index is 0.0388. The van der Waals surface area contributed by atoms with Crippen LogP contribution in [0.1, 0.15) is 40.6 Å². The summed E-state index contributed by atoms with van der Waals surface area (Å²) in [6.45, 7) is 1.01. The number of aromatic amines is 2. The molecule has 1 saturated heterocycles. The average molecular weight is 430 g/mol. The third-order valence-electron chi connectivity index (χ3n) is 5.75. The summed E-state index contributed by atoms with van der Waals surface area (Å²) in [7, 11) is 0. The molecule has 1 fully saturated rings. The number of halogens is 4. The largest absolute Gasteiger partial charge is 0.433 e. The molecular formula is C22H18F4N4O. The molecule has 1 amide bonds. The van der Waals surface area contributed by atoms with E-state index >= 15 is 0 Å². The standard InChI is InChI=1S/C22H18F4N4O/c23-14-3-4-15-13(8-14)9-19(27-15)21(31)30-7-1-2-12(11-30)17-10-18-16(28-17)5-6-20(29-18)22(24,25)26/h3-6,8-10,12,27-28H,1-2,7,11H2. The Labute approximate surface area is 174 Å². The number of pyridine rings is 1. The molecule has 9 heteroatoms. The molecule has 160 valence electrons. The summed E-state index contributed by atoms with van der Waals surface area (Å²) in [5.74, 6) is -0.595. The Morgan fingerprint density at radius 3 is 2.68 bits per heavy atom. The maximum atomic E-state index is 13.4. The van der Waals surface area contributed by atoms with Crippen LogP contribution < -0.4 is 0 Å². The highest BCUT2D eigenvalue weighted by molar-refractivity contribution is 5.98. The number of likely N-dealkylation sites (tertiary alicyclic amines) is 1. The van der Waals surface area contributed by atoms with Crippen molar-refractivity contribution in [3.8, 4) is 0 Å². The van der Waals surface area contributed by atoms with Gasteiger partial charge in [-0.1, -0.05) is 0 Å². The van der Waals surface area contributed by atoms with Crippen LogP contribution in [0.4, 0.5) is 17.6 Å². The fourth-order valence-electron chi connectivity index (χ4n) is 4.21. The van der Waals surface area contributed by atoms with Crippen molar-refractivity contribution in [2.24, 2.45) is 0 Å². The molecule has 1 aliphatic rings. The molecule has 4 heterocycles. The predicted molar refractivity (Wildman–Crippen MR) is 107 cm³/mol. The van der Waals surface area contributed by atoms with Crippen LogP contribution in [0.3, 0.4) is 0 Å². The van der Waals surface area contributed by atoms with Crippen molar-refractivity contribution in [1.82, 2.24) is 19.9 Å². The van der Waals surface area contributed by atoms with Crippen molar-refractivity contribution in [3.05, 3.63) is 65.4 Å². The number of hydrogen-bond donors (Lipinski definition) is 2. The van der Waals surface area contributed by atoms with Gasteiger partial charge in [-0.3, -0.25) is 4.79 Å². The first-order valence-corrected chi connectivity index (χ1v) is 9.92. The lowest BCUT2D eigenvalue weighted by Gasteiger charge is -2.32. The predicted octanol–water partition coefficient (Wildman–Crippen LogP) is 5.22. The minimum atomic E-state index is -4.50. The van der Waals surface area contributed by atoms with Crippen LogP contribution in [0.5, 0.6) is 0 Å². The number of nitrogens with one attached hydrogen (secondary N) is 2. The number of alkyl halides is 3. The summed E-state index contributed by atoms with van der Waals surface area (Å²) in [6, 6.07) is 9.90. The first-order valence-electron chi connectivity index (χ1n) is 9.92. The van der Waals surface area contributed by atoms with E-state index in [2.05, 4.69) is 15.0 Å². The number of nitrogens with zero attached hydrogens (tertiary/aromatic N) is 2. The highest BCUT2D eigenvalue weighted by Gasteiger charge is 2.33. The monoisotopic (exact) mass is 430 g/mol. The number of carbonyl (C=O) groups is 1. The maximum Gasteiger partial charge on any atom is 0.433 e. The fourth-order valence-corrected chi connectivity index (χ4v) is 4.21. The Bertz CT molecular complexity index is 1290. The Morgan fingerprint density at radius 1 is 1.06 bits per heavy atom. The molecule has 3 aromatic heterocycles. The van der Waals surface area contributed by atoms with Gasteiger partial charge in [0.05, 0.1) is 11.0 Å². The molecule has 0 aliphatic carbocycles. The molecule has 1 aromatic carbocycles. The Balaban J connectivity index is 1.38. The molecule has 0 spiro atoms. The lowest BCUT2D eigenvalue weighted by Crippen LogP contribution is -2.39. The first-order chi connectivity index (χ1) is 14.8. The number of H-pyrrole nitrogens is 2. The molecule has 5 rings (SSSR count). The third-order valence-corrected chi connectivity index (χ3v) is 5.75. The molecule has 2 N–H and O–H groups in total. The number of aromatic nitrogens is 3. The number of amides is 1. The summed E-state index contributed by atoms with van der Waals surface area (Å²) in [5, 5.41) is 0.624. The van der Waals surface area contributed by atoms with Crippen LogP contribution in [0.25, 0.3) is 21.9 Å². The summed E-state index contributed by atoms with van der Waals surface area (Å²) in [5.41, 5.74) is 1.68. The summed E-state index contributed by atoms with van der Waals surface area (Å²) >= 11 is 0. The smallest absolute Gasteiger partial charge is 0.357 e. The summed E-state index contributed by atoms with van der Waals surface area (Å²) < 4.78 is 52.2. The fraction of sp³-hybridized carbons (Fsp3) is 0.273. The van der Waals surface area contributed by atoms with Crippen molar-refractivity contribution in [2.75, 3.05) is 13.1 Å². The number of piperidine rings is 1. The van der Waals surface area contributed by atoms with Gasteiger partial charge >= 0.3 is 6.18 Å². The van der Waals surface area contributed by atoms with E-state index in [0.29, 0.717) is 35.2 Å². The van der Waals surface area contributed by atoms with Gasteiger partial charge in [-0.2, -0.15) is 13.2 Å². The second-order valence-electron chi connectivity index (χ2n) is 7.86. The zero-order chi connectivity index (χ0) is 21.8. The zero-order valence-electron chi connectivity index (χ0n) is 16.3. The van der Waals surface area contributed by atoms with E-state index < -0.39 is 11.9 Å². The van der Waals surface area contributed by atoms with Crippen LogP contribution in [0.15, 0.2) is 42.5 Å². The molecule has 1 aliphatic heterocycles. The van der Waals surface area contributed by atoms with Crippen LogP contribution >= 0.6 is 0 Å². The van der Waals surface area contributed by atoms with Gasteiger partial charge < -0.3 is 14.9 Å². The zero-order valence-corrected chi connectivity index (χ0v) is 16.3. The normalized spacial score (nSPS) is 17.5.